The molecule has 0 aliphatic rings. The van der Waals surface area contributed by atoms with Crippen molar-refractivity contribution in [2.45, 2.75) is 12.4 Å². The lowest BCUT2D eigenvalue weighted by Crippen LogP contribution is -2.33. The molecule has 2 aromatic heterocycles. The van der Waals surface area contributed by atoms with Gasteiger partial charge in [0.15, 0.2) is 17.4 Å². The van der Waals surface area contributed by atoms with Gasteiger partial charge in [-0.3, -0.25) is 9.59 Å². The summed E-state index contributed by atoms with van der Waals surface area (Å²) < 4.78 is 64.8. The second kappa shape index (κ2) is 10.2. The molecule has 2 heterocycles. The Kier molecular flexibility index (Phi) is 7.40. The Bertz CT molecular complexity index is 1220. The van der Waals surface area contributed by atoms with Gasteiger partial charge in [-0.05, 0) is 17.7 Å². The Balaban J connectivity index is 1.85. The van der Waals surface area contributed by atoms with Gasteiger partial charge in [-0.25, -0.2) is 19.3 Å². The van der Waals surface area contributed by atoms with E-state index < -0.39 is 35.4 Å². The van der Waals surface area contributed by atoms with Crippen molar-refractivity contribution < 1.29 is 36.6 Å². The smallest absolute Gasteiger partial charge is 0.480 e. The number of carbonyl (C=O) groups is 1. The number of nitrogens with one attached hydrogen (secondary N) is 2. The zero-order chi connectivity index (χ0) is 24.9. The number of rotatable bonds is 8. The molecule has 0 aliphatic heterocycles. The molecule has 2 N–H and O–H groups in total. The maximum absolute atomic E-state index is 14.1. The number of amides is 1. The molecule has 3 rings (SSSR count). The summed E-state index contributed by atoms with van der Waals surface area (Å²) in [6, 6.07) is 2.63. The standard InChI is InChI=1S/C20H17F4N5O5/c1-32-9-14(10-3-4-15(11(21)5-10)34-20(22,23)24)28-19(31)12-6-16(30)29-18(27-12)13-7-26-17(33-2)8-25-13/h3-8,14H,9H2,1-2H3,(H,28,31)(H,27,29,30). The summed E-state index contributed by atoms with van der Waals surface area (Å²) in [6.45, 7) is -0.162. The van der Waals surface area contributed by atoms with E-state index in [4.69, 9.17) is 9.47 Å². The van der Waals surface area contributed by atoms with Crippen LogP contribution in [-0.4, -0.2) is 53.0 Å². The second-order valence-corrected chi connectivity index (χ2v) is 6.64. The molecule has 0 saturated heterocycles. The Morgan fingerprint density at radius 3 is 2.53 bits per heavy atom. The Labute approximate surface area is 188 Å². The van der Waals surface area contributed by atoms with Crippen LogP contribution in [0.1, 0.15) is 22.1 Å². The number of methoxy groups -OCH3 is 2. The van der Waals surface area contributed by atoms with E-state index in [0.717, 1.165) is 24.3 Å². The molecule has 0 bridgehead atoms. The SMILES string of the molecule is COCC(NC(=O)c1cc(=O)[nH]c(-c2cnc(OC)cn2)n1)c1ccc(OC(F)(F)F)c(F)c1. The second-order valence-electron chi connectivity index (χ2n) is 6.64. The van der Waals surface area contributed by atoms with Gasteiger partial charge in [0.05, 0.1) is 32.2 Å². The topological polar surface area (TPSA) is 128 Å². The normalized spacial score (nSPS) is 12.2. The first kappa shape index (κ1) is 24.6. The van der Waals surface area contributed by atoms with E-state index in [0.29, 0.717) is 0 Å². The predicted octanol–water partition coefficient (Wildman–Crippen LogP) is 2.39. The molecule has 1 unspecified atom stereocenters. The van der Waals surface area contributed by atoms with Gasteiger partial charge in [0.1, 0.15) is 11.4 Å². The molecule has 0 spiro atoms. The van der Waals surface area contributed by atoms with Crippen molar-refractivity contribution in [1.29, 1.82) is 0 Å². The highest BCUT2D eigenvalue weighted by Gasteiger charge is 2.32. The zero-order valence-electron chi connectivity index (χ0n) is 17.6. The van der Waals surface area contributed by atoms with Crippen LogP contribution < -0.4 is 20.3 Å². The third-order valence-corrected chi connectivity index (χ3v) is 4.28. The Morgan fingerprint density at radius 2 is 1.94 bits per heavy atom. The molecule has 0 aliphatic carbocycles. The number of carbonyl (C=O) groups excluding carboxylic acids is 1. The van der Waals surface area contributed by atoms with Gasteiger partial charge < -0.3 is 24.5 Å². The summed E-state index contributed by atoms with van der Waals surface area (Å²) in [4.78, 5) is 39.3. The molecule has 180 valence electrons. The lowest BCUT2D eigenvalue weighted by atomic mass is 10.1. The van der Waals surface area contributed by atoms with Gasteiger partial charge >= 0.3 is 6.36 Å². The van der Waals surface area contributed by atoms with Crippen LogP contribution in [-0.2, 0) is 4.74 Å². The van der Waals surface area contributed by atoms with Crippen LogP contribution in [0.15, 0.2) is 41.5 Å². The minimum absolute atomic E-state index is 0.0456. The van der Waals surface area contributed by atoms with Crippen molar-refractivity contribution in [3.63, 3.8) is 0 Å². The average Bonchev–Trinajstić information content (AvgIpc) is 2.79. The summed E-state index contributed by atoms with van der Waals surface area (Å²) >= 11 is 0. The Hall–Kier alpha value is -4.07. The molecule has 14 heteroatoms. The number of H-pyrrole nitrogens is 1. The van der Waals surface area contributed by atoms with Crippen molar-refractivity contribution in [2.75, 3.05) is 20.8 Å². The molecule has 1 aromatic carbocycles. The molecular formula is C20H17F4N5O5. The fraction of sp³-hybridized carbons (Fsp3) is 0.250. The summed E-state index contributed by atoms with van der Waals surface area (Å²) in [5.41, 5.74) is -0.706. The van der Waals surface area contributed by atoms with Gasteiger partial charge in [-0.2, -0.15) is 0 Å². The number of ether oxygens (including phenoxy) is 3. The lowest BCUT2D eigenvalue weighted by molar-refractivity contribution is -0.275. The van der Waals surface area contributed by atoms with Crippen molar-refractivity contribution in [3.8, 4) is 23.1 Å². The lowest BCUT2D eigenvalue weighted by Gasteiger charge is -2.19. The fourth-order valence-corrected chi connectivity index (χ4v) is 2.80. The first-order valence-electron chi connectivity index (χ1n) is 9.42. The third kappa shape index (κ3) is 6.25. The number of hydrogen-bond acceptors (Lipinski definition) is 8. The van der Waals surface area contributed by atoms with Gasteiger partial charge in [0.25, 0.3) is 11.5 Å². The molecule has 0 saturated carbocycles. The molecular weight excluding hydrogens is 466 g/mol. The number of hydrogen-bond donors (Lipinski definition) is 2. The van der Waals surface area contributed by atoms with Crippen LogP contribution in [0.5, 0.6) is 11.6 Å². The number of alkyl halides is 3. The highest BCUT2D eigenvalue weighted by Crippen LogP contribution is 2.28. The fourth-order valence-electron chi connectivity index (χ4n) is 2.80. The molecule has 34 heavy (non-hydrogen) atoms. The molecule has 3 aromatic rings. The van der Waals surface area contributed by atoms with E-state index in [1.165, 1.54) is 26.6 Å². The van der Waals surface area contributed by atoms with E-state index >= 15 is 0 Å². The van der Waals surface area contributed by atoms with Gasteiger partial charge in [0.2, 0.25) is 5.88 Å². The van der Waals surface area contributed by atoms with Crippen molar-refractivity contribution in [1.82, 2.24) is 25.3 Å². The van der Waals surface area contributed by atoms with Gasteiger partial charge in [-0.1, -0.05) is 6.07 Å². The van der Waals surface area contributed by atoms with Crippen LogP contribution in [0, 0.1) is 5.82 Å². The Morgan fingerprint density at radius 1 is 1.18 bits per heavy atom. The van der Waals surface area contributed by atoms with E-state index in [1.54, 1.807) is 0 Å². The largest absolute Gasteiger partial charge is 0.573 e. The van der Waals surface area contributed by atoms with Gasteiger partial charge in [-0.15, -0.1) is 13.2 Å². The summed E-state index contributed by atoms with van der Waals surface area (Å²) in [7, 11) is 2.70. The molecule has 0 fully saturated rings. The summed E-state index contributed by atoms with van der Waals surface area (Å²) in [5.74, 6) is -2.97. The minimum Gasteiger partial charge on any atom is -0.480 e. The minimum atomic E-state index is -5.07. The third-order valence-electron chi connectivity index (χ3n) is 4.28. The van der Waals surface area contributed by atoms with Crippen molar-refractivity contribution >= 4 is 5.91 Å². The maximum atomic E-state index is 14.1. The summed E-state index contributed by atoms with van der Waals surface area (Å²) in [6.07, 6.45) is -2.50. The molecule has 10 nitrogen and oxygen atoms in total. The highest BCUT2D eigenvalue weighted by atomic mass is 19.4. The molecule has 1 atom stereocenters. The highest BCUT2D eigenvalue weighted by molar-refractivity contribution is 5.92. The van der Waals surface area contributed by atoms with Crippen molar-refractivity contribution in [2.24, 2.45) is 0 Å². The molecule has 0 radical (unpaired) electrons. The zero-order valence-corrected chi connectivity index (χ0v) is 17.6. The maximum Gasteiger partial charge on any atom is 0.573 e. The number of aromatic nitrogens is 4. The van der Waals surface area contributed by atoms with Gasteiger partial charge in [0, 0.05) is 13.2 Å². The number of nitrogens with zero attached hydrogens (tertiary/aromatic N) is 3. The quantitative estimate of drug-likeness (QED) is 0.468. The number of benzene rings is 1. The first-order valence-corrected chi connectivity index (χ1v) is 9.42. The number of aromatic amines is 1. The predicted molar refractivity (Wildman–Crippen MR) is 108 cm³/mol. The van der Waals surface area contributed by atoms with Crippen LogP contribution in [0.2, 0.25) is 0 Å². The van der Waals surface area contributed by atoms with Crippen molar-refractivity contribution in [3.05, 3.63) is 64.1 Å². The summed E-state index contributed by atoms with van der Waals surface area (Å²) in [5, 5.41) is 2.50. The molecule has 1 amide bonds. The van der Waals surface area contributed by atoms with E-state index in [1.807, 2.05) is 0 Å². The van der Waals surface area contributed by atoms with Crippen LogP contribution in [0.4, 0.5) is 17.6 Å². The van der Waals surface area contributed by atoms with Crippen LogP contribution >= 0.6 is 0 Å². The van der Waals surface area contributed by atoms with E-state index in [2.05, 4.69) is 30.0 Å². The monoisotopic (exact) mass is 483 g/mol. The van der Waals surface area contributed by atoms with Crippen LogP contribution in [0.3, 0.4) is 0 Å². The van der Waals surface area contributed by atoms with E-state index in [-0.39, 0.29) is 35.3 Å². The van der Waals surface area contributed by atoms with E-state index in [9.17, 15) is 27.2 Å². The number of halogens is 4. The first-order chi connectivity index (χ1) is 16.1. The van der Waals surface area contributed by atoms with Crippen LogP contribution in [0.25, 0.3) is 11.5 Å². The average molecular weight is 483 g/mol.